The minimum absolute atomic E-state index is 0.0121. The lowest BCUT2D eigenvalue weighted by Gasteiger charge is -2.38. The van der Waals surface area contributed by atoms with Gasteiger partial charge >= 0.3 is 0 Å². The van der Waals surface area contributed by atoms with Gasteiger partial charge in [0.15, 0.2) is 0 Å². The van der Waals surface area contributed by atoms with Gasteiger partial charge < -0.3 is 14.8 Å². The van der Waals surface area contributed by atoms with Crippen LogP contribution in [0.4, 0.5) is 8.78 Å². The van der Waals surface area contributed by atoms with E-state index in [-0.39, 0.29) is 24.8 Å². The van der Waals surface area contributed by atoms with E-state index in [0.29, 0.717) is 38.5 Å². The van der Waals surface area contributed by atoms with Crippen molar-refractivity contribution in [3.05, 3.63) is 34.5 Å². The van der Waals surface area contributed by atoms with E-state index in [9.17, 15) is 13.6 Å². The number of nitrogens with zero attached hydrogens (tertiary/aromatic N) is 2. The van der Waals surface area contributed by atoms with Crippen LogP contribution >= 0.6 is 11.6 Å². The summed E-state index contributed by atoms with van der Waals surface area (Å²) in [6.45, 7) is 6.30. The highest BCUT2D eigenvalue weighted by Gasteiger charge is 2.36. The fourth-order valence-electron chi connectivity index (χ4n) is 4.83. The Morgan fingerprint density at radius 3 is 2.70 bits per heavy atom. The van der Waals surface area contributed by atoms with Crippen molar-refractivity contribution < 1.29 is 13.6 Å². The van der Waals surface area contributed by atoms with Gasteiger partial charge in [0.25, 0.3) is 5.92 Å². The lowest BCUT2D eigenvalue weighted by Crippen LogP contribution is -2.44. The summed E-state index contributed by atoms with van der Waals surface area (Å²) < 4.78 is 26.8. The van der Waals surface area contributed by atoms with Gasteiger partial charge in [-0.15, -0.1) is 0 Å². The summed E-state index contributed by atoms with van der Waals surface area (Å²) in [5, 5.41) is 1.86. The van der Waals surface area contributed by atoms with Crippen LogP contribution in [-0.4, -0.2) is 52.8 Å². The maximum absolute atomic E-state index is 13.4. The standard InChI is InChI=1S/C23H30ClF2N3O/c1-15(2)13-20-22-17(18-14-16(24)3-4-19(18)27-22)5-10-29(20)21(30)6-9-28-11-7-23(25,26)8-12-28/h3-4,14-15,20,27H,5-13H2,1-2H3/t20-/m0/s1. The smallest absolute Gasteiger partial charge is 0.250 e. The molecular weight excluding hydrogens is 408 g/mol. The summed E-state index contributed by atoms with van der Waals surface area (Å²) in [4.78, 5) is 20.7. The molecule has 1 N–H and O–H groups in total. The van der Waals surface area contributed by atoms with Gasteiger partial charge in [0.1, 0.15) is 0 Å². The summed E-state index contributed by atoms with van der Waals surface area (Å²) in [5.41, 5.74) is 3.44. The molecule has 0 unspecified atom stereocenters. The Kier molecular flexibility index (Phi) is 6.08. The number of likely N-dealkylation sites (tertiary alicyclic amines) is 1. The molecule has 2 aromatic rings. The maximum Gasteiger partial charge on any atom is 0.250 e. The molecule has 2 aliphatic rings. The summed E-state index contributed by atoms with van der Waals surface area (Å²) in [6, 6.07) is 5.90. The van der Waals surface area contributed by atoms with E-state index in [4.69, 9.17) is 11.6 Å². The molecule has 0 saturated carbocycles. The van der Waals surface area contributed by atoms with E-state index < -0.39 is 5.92 Å². The van der Waals surface area contributed by atoms with Crippen LogP contribution in [0.2, 0.25) is 5.02 Å². The number of nitrogens with one attached hydrogen (secondary N) is 1. The Labute approximate surface area is 181 Å². The molecule has 1 fully saturated rings. The Bertz CT molecular complexity index is 917. The quantitative estimate of drug-likeness (QED) is 0.678. The van der Waals surface area contributed by atoms with Crippen molar-refractivity contribution in [2.24, 2.45) is 5.92 Å². The SMILES string of the molecule is CC(C)C[C@H]1c2[nH]c3ccc(Cl)cc3c2CCN1C(=O)CCN1CCC(F)(F)CC1. The Morgan fingerprint density at radius 2 is 2.00 bits per heavy atom. The summed E-state index contributed by atoms with van der Waals surface area (Å²) in [5.74, 6) is -2.00. The third-order valence-corrected chi connectivity index (χ3v) is 6.69. The zero-order chi connectivity index (χ0) is 21.5. The molecule has 0 radical (unpaired) electrons. The number of H-pyrrole nitrogens is 1. The molecule has 4 nitrogen and oxygen atoms in total. The van der Waals surface area contributed by atoms with Crippen molar-refractivity contribution in [2.45, 2.75) is 57.9 Å². The number of alkyl halides is 2. The van der Waals surface area contributed by atoms with E-state index >= 15 is 0 Å². The molecule has 3 heterocycles. The molecular formula is C23H30ClF2N3O. The molecule has 1 amide bonds. The molecule has 2 aliphatic heterocycles. The number of hydrogen-bond donors (Lipinski definition) is 1. The molecule has 1 aromatic carbocycles. The largest absolute Gasteiger partial charge is 0.356 e. The van der Waals surface area contributed by atoms with Crippen LogP contribution < -0.4 is 0 Å². The summed E-state index contributed by atoms with van der Waals surface area (Å²) in [7, 11) is 0. The second-order valence-electron chi connectivity index (χ2n) is 9.14. The number of carbonyl (C=O) groups excluding carboxylic acids is 1. The third-order valence-electron chi connectivity index (χ3n) is 6.46. The number of amides is 1. The number of fused-ring (bicyclic) bond motifs is 3. The molecule has 164 valence electrons. The minimum atomic E-state index is -2.55. The molecule has 0 bridgehead atoms. The van der Waals surface area contributed by atoms with Crippen LogP contribution in [0.1, 0.15) is 56.8 Å². The number of aromatic nitrogens is 1. The fourth-order valence-corrected chi connectivity index (χ4v) is 5.00. The molecule has 1 aromatic heterocycles. The summed E-state index contributed by atoms with van der Waals surface area (Å²) >= 11 is 6.22. The third kappa shape index (κ3) is 4.50. The molecule has 4 rings (SSSR count). The number of aromatic amines is 1. The van der Waals surface area contributed by atoms with Crippen LogP contribution in [0.15, 0.2) is 18.2 Å². The van der Waals surface area contributed by atoms with Gasteiger partial charge in [-0.25, -0.2) is 8.78 Å². The topological polar surface area (TPSA) is 39.3 Å². The predicted molar refractivity (Wildman–Crippen MR) is 116 cm³/mol. The number of halogens is 3. The Balaban J connectivity index is 1.50. The zero-order valence-electron chi connectivity index (χ0n) is 17.7. The first-order valence-electron chi connectivity index (χ1n) is 10.9. The Hall–Kier alpha value is -1.66. The number of rotatable bonds is 5. The van der Waals surface area contributed by atoms with Crippen molar-refractivity contribution in [3.63, 3.8) is 0 Å². The average Bonchev–Trinajstić information content (AvgIpc) is 3.05. The lowest BCUT2D eigenvalue weighted by molar-refractivity contribution is -0.135. The highest BCUT2D eigenvalue weighted by atomic mass is 35.5. The minimum Gasteiger partial charge on any atom is -0.356 e. The predicted octanol–water partition coefficient (Wildman–Crippen LogP) is 5.41. The van der Waals surface area contributed by atoms with E-state index in [1.807, 2.05) is 28.0 Å². The van der Waals surface area contributed by atoms with Gasteiger partial charge in [-0.2, -0.15) is 0 Å². The lowest BCUT2D eigenvalue weighted by atomic mass is 9.91. The average molecular weight is 438 g/mol. The van der Waals surface area contributed by atoms with Gasteiger partial charge in [-0.3, -0.25) is 4.79 Å². The maximum atomic E-state index is 13.4. The first-order chi connectivity index (χ1) is 14.2. The van der Waals surface area contributed by atoms with Crippen LogP contribution in [0, 0.1) is 5.92 Å². The van der Waals surface area contributed by atoms with Crippen LogP contribution in [0.3, 0.4) is 0 Å². The monoisotopic (exact) mass is 437 g/mol. The van der Waals surface area contributed by atoms with Gasteiger partial charge in [-0.05, 0) is 42.5 Å². The molecule has 1 atom stereocenters. The van der Waals surface area contributed by atoms with E-state index in [1.165, 1.54) is 5.56 Å². The highest BCUT2D eigenvalue weighted by molar-refractivity contribution is 6.31. The first kappa shape index (κ1) is 21.6. The normalized spacial score (nSPS) is 21.9. The second-order valence-corrected chi connectivity index (χ2v) is 9.57. The Morgan fingerprint density at radius 1 is 1.27 bits per heavy atom. The van der Waals surface area contributed by atoms with E-state index in [2.05, 4.69) is 18.8 Å². The van der Waals surface area contributed by atoms with Crippen molar-refractivity contribution in [3.8, 4) is 0 Å². The van der Waals surface area contributed by atoms with Gasteiger partial charge in [0.2, 0.25) is 5.91 Å². The van der Waals surface area contributed by atoms with Crippen molar-refractivity contribution >= 4 is 28.4 Å². The van der Waals surface area contributed by atoms with Crippen molar-refractivity contribution in [2.75, 3.05) is 26.2 Å². The first-order valence-corrected chi connectivity index (χ1v) is 11.3. The van der Waals surface area contributed by atoms with Crippen molar-refractivity contribution in [1.82, 2.24) is 14.8 Å². The number of benzene rings is 1. The molecule has 7 heteroatoms. The van der Waals surface area contributed by atoms with Crippen LogP contribution in [0.25, 0.3) is 10.9 Å². The van der Waals surface area contributed by atoms with E-state index in [0.717, 1.165) is 34.5 Å². The fraction of sp³-hybridized carbons (Fsp3) is 0.609. The number of piperidine rings is 1. The zero-order valence-corrected chi connectivity index (χ0v) is 18.4. The van der Waals surface area contributed by atoms with Crippen LogP contribution in [-0.2, 0) is 11.2 Å². The number of hydrogen-bond acceptors (Lipinski definition) is 2. The van der Waals surface area contributed by atoms with Gasteiger partial charge in [-0.1, -0.05) is 25.4 Å². The second kappa shape index (κ2) is 8.46. The van der Waals surface area contributed by atoms with Gasteiger partial charge in [0, 0.05) is 67.1 Å². The summed E-state index contributed by atoms with van der Waals surface area (Å²) in [6.07, 6.45) is 1.84. The highest BCUT2D eigenvalue weighted by Crippen LogP contribution is 2.39. The molecule has 0 spiro atoms. The molecule has 30 heavy (non-hydrogen) atoms. The van der Waals surface area contributed by atoms with Crippen LogP contribution in [0.5, 0.6) is 0 Å². The van der Waals surface area contributed by atoms with Gasteiger partial charge in [0.05, 0.1) is 6.04 Å². The molecule has 1 saturated heterocycles. The molecule has 0 aliphatic carbocycles. The van der Waals surface area contributed by atoms with E-state index in [1.54, 1.807) is 0 Å². The van der Waals surface area contributed by atoms with Crippen molar-refractivity contribution in [1.29, 1.82) is 0 Å². The number of carbonyl (C=O) groups is 1.